The average Bonchev–Trinajstić information content (AvgIpc) is 2.43. The van der Waals surface area contributed by atoms with Crippen LogP contribution in [0.4, 0.5) is 0 Å². The van der Waals surface area contributed by atoms with Crippen LogP contribution < -0.4 is 0 Å². The average molecular weight is 258 g/mol. The van der Waals surface area contributed by atoms with Gasteiger partial charge in [-0.25, -0.2) is 0 Å². The number of fused-ring (bicyclic) bond motifs is 2. The first kappa shape index (κ1) is 11.2. The molecule has 0 bridgehead atoms. The van der Waals surface area contributed by atoms with Crippen molar-refractivity contribution in [3.63, 3.8) is 0 Å². The fourth-order valence-electron chi connectivity index (χ4n) is 2.08. The van der Waals surface area contributed by atoms with Gasteiger partial charge < -0.3 is 10.2 Å². The third kappa shape index (κ3) is 1.75. The van der Waals surface area contributed by atoms with Gasteiger partial charge in [0.25, 0.3) is 0 Å². The van der Waals surface area contributed by atoms with Crippen LogP contribution in [-0.2, 0) is 6.42 Å². The fraction of sp³-hybridized carbons (Fsp3) is 0.0714. The molecule has 90 valence electrons. The second-order valence-electron chi connectivity index (χ2n) is 4.15. The molecule has 2 aromatic carbocycles. The number of hydrogen-bond donors (Lipinski definition) is 2. The van der Waals surface area contributed by atoms with E-state index < -0.39 is 0 Å². The van der Waals surface area contributed by atoms with Crippen LogP contribution in [0.15, 0.2) is 46.2 Å². The molecule has 0 atom stereocenters. The van der Waals surface area contributed by atoms with E-state index in [-0.39, 0.29) is 23.7 Å². The van der Waals surface area contributed by atoms with Crippen molar-refractivity contribution >= 4 is 17.5 Å². The van der Waals surface area contributed by atoms with Crippen molar-refractivity contribution in [1.29, 1.82) is 0 Å². The zero-order valence-corrected chi connectivity index (χ0v) is 10.2. The van der Waals surface area contributed by atoms with Gasteiger partial charge in [0.05, 0.1) is 5.56 Å². The summed E-state index contributed by atoms with van der Waals surface area (Å²) in [6.45, 7) is 0. The lowest BCUT2D eigenvalue weighted by atomic mass is 10.0. The SMILES string of the molecule is O=C1Cc2ccccc2Sc2cc(O)cc(O)c21. The van der Waals surface area contributed by atoms with Gasteiger partial charge >= 0.3 is 0 Å². The predicted octanol–water partition coefficient (Wildman–Crippen LogP) is 2.99. The summed E-state index contributed by atoms with van der Waals surface area (Å²) in [7, 11) is 0. The van der Waals surface area contributed by atoms with Crippen molar-refractivity contribution < 1.29 is 15.0 Å². The van der Waals surface area contributed by atoms with Crippen molar-refractivity contribution in [1.82, 2.24) is 0 Å². The van der Waals surface area contributed by atoms with Crippen LogP contribution in [0, 0.1) is 0 Å². The highest BCUT2D eigenvalue weighted by Gasteiger charge is 2.23. The van der Waals surface area contributed by atoms with Gasteiger partial charge in [-0.05, 0) is 17.7 Å². The minimum Gasteiger partial charge on any atom is -0.508 e. The van der Waals surface area contributed by atoms with Crippen LogP contribution in [0.5, 0.6) is 11.5 Å². The molecule has 0 saturated heterocycles. The Morgan fingerprint density at radius 3 is 2.67 bits per heavy atom. The molecule has 3 nitrogen and oxygen atoms in total. The summed E-state index contributed by atoms with van der Waals surface area (Å²) in [6, 6.07) is 10.4. The molecule has 0 amide bonds. The summed E-state index contributed by atoms with van der Waals surface area (Å²) in [5.41, 5.74) is 1.25. The molecule has 0 aliphatic carbocycles. The van der Waals surface area contributed by atoms with Crippen molar-refractivity contribution in [2.75, 3.05) is 0 Å². The Bertz CT molecular complexity index is 649. The number of ketones is 1. The third-order valence-electron chi connectivity index (χ3n) is 2.89. The maximum atomic E-state index is 12.1. The Hall–Kier alpha value is -1.94. The summed E-state index contributed by atoms with van der Waals surface area (Å²) in [6.07, 6.45) is 0.272. The zero-order valence-electron chi connectivity index (χ0n) is 9.38. The summed E-state index contributed by atoms with van der Waals surface area (Å²) in [4.78, 5) is 13.7. The van der Waals surface area contributed by atoms with Gasteiger partial charge in [0.2, 0.25) is 0 Å². The van der Waals surface area contributed by atoms with E-state index in [1.165, 1.54) is 23.9 Å². The van der Waals surface area contributed by atoms with Gasteiger partial charge in [-0.1, -0.05) is 30.0 Å². The Morgan fingerprint density at radius 1 is 1.06 bits per heavy atom. The summed E-state index contributed by atoms with van der Waals surface area (Å²) >= 11 is 1.39. The Morgan fingerprint density at radius 2 is 1.83 bits per heavy atom. The smallest absolute Gasteiger partial charge is 0.172 e. The largest absolute Gasteiger partial charge is 0.508 e. The van der Waals surface area contributed by atoms with Crippen LogP contribution in [0.2, 0.25) is 0 Å². The van der Waals surface area contributed by atoms with E-state index in [9.17, 15) is 15.0 Å². The Balaban J connectivity index is 2.23. The topological polar surface area (TPSA) is 57.5 Å². The molecule has 2 aromatic rings. The first-order valence-electron chi connectivity index (χ1n) is 5.50. The first-order chi connectivity index (χ1) is 8.65. The normalized spacial score (nSPS) is 13.7. The predicted molar refractivity (Wildman–Crippen MR) is 68.4 cm³/mol. The second kappa shape index (κ2) is 4.07. The lowest BCUT2D eigenvalue weighted by Gasteiger charge is -2.07. The highest BCUT2D eigenvalue weighted by molar-refractivity contribution is 7.99. The first-order valence-corrected chi connectivity index (χ1v) is 6.32. The standard InChI is InChI=1S/C14H10O3S/c15-9-6-11(17)14-10(16)5-8-3-1-2-4-12(8)18-13(14)7-9/h1-4,6-7,15,17H,5H2. The van der Waals surface area contributed by atoms with Crippen LogP contribution in [0.25, 0.3) is 0 Å². The fourth-order valence-corrected chi connectivity index (χ4v) is 3.23. The lowest BCUT2D eigenvalue weighted by Crippen LogP contribution is -2.03. The molecule has 0 fully saturated rings. The molecule has 0 radical (unpaired) electrons. The van der Waals surface area contributed by atoms with Gasteiger partial charge in [0.1, 0.15) is 11.5 Å². The molecule has 18 heavy (non-hydrogen) atoms. The zero-order chi connectivity index (χ0) is 12.7. The highest BCUT2D eigenvalue weighted by Crippen LogP contribution is 2.42. The van der Waals surface area contributed by atoms with Crippen LogP contribution in [0.1, 0.15) is 15.9 Å². The van der Waals surface area contributed by atoms with Gasteiger partial charge in [-0.2, -0.15) is 0 Å². The summed E-state index contributed by atoms with van der Waals surface area (Å²) < 4.78 is 0. The molecule has 1 aliphatic heterocycles. The number of phenols is 2. The number of hydrogen-bond acceptors (Lipinski definition) is 4. The second-order valence-corrected chi connectivity index (χ2v) is 5.23. The number of carbonyl (C=O) groups excluding carboxylic acids is 1. The van der Waals surface area contributed by atoms with Crippen molar-refractivity contribution in [3.8, 4) is 11.5 Å². The van der Waals surface area contributed by atoms with Crippen molar-refractivity contribution in [2.24, 2.45) is 0 Å². The number of rotatable bonds is 0. The Kier molecular flexibility index (Phi) is 2.52. The highest BCUT2D eigenvalue weighted by atomic mass is 32.2. The summed E-state index contributed by atoms with van der Waals surface area (Å²) in [5, 5.41) is 19.3. The van der Waals surface area contributed by atoms with E-state index in [0.717, 1.165) is 10.5 Å². The maximum Gasteiger partial charge on any atom is 0.172 e. The number of aromatic hydroxyl groups is 2. The van der Waals surface area contributed by atoms with E-state index in [4.69, 9.17) is 0 Å². The molecule has 0 spiro atoms. The minimum atomic E-state index is -0.157. The number of benzene rings is 2. The molecule has 0 aromatic heterocycles. The van der Waals surface area contributed by atoms with E-state index in [2.05, 4.69) is 0 Å². The van der Waals surface area contributed by atoms with E-state index >= 15 is 0 Å². The summed E-state index contributed by atoms with van der Waals surface area (Å²) in [5.74, 6) is -0.318. The molecular formula is C14H10O3S. The molecule has 0 saturated carbocycles. The van der Waals surface area contributed by atoms with Crippen molar-refractivity contribution in [3.05, 3.63) is 47.5 Å². The lowest BCUT2D eigenvalue weighted by molar-refractivity contribution is 0.0987. The molecular weight excluding hydrogens is 248 g/mol. The van der Waals surface area contributed by atoms with E-state index in [1.807, 2.05) is 24.3 Å². The number of phenolic OH excluding ortho intramolecular Hbond substituents is 2. The van der Waals surface area contributed by atoms with Gasteiger partial charge in [0.15, 0.2) is 5.78 Å². The molecule has 1 heterocycles. The van der Waals surface area contributed by atoms with E-state index in [1.54, 1.807) is 0 Å². The van der Waals surface area contributed by atoms with Gasteiger partial charge in [0, 0.05) is 22.3 Å². The molecule has 2 N–H and O–H groups in total. The number of carbonyl (C=O) groups is 1. The molecule has 4 heteroatoms. The van der Waals surface area contributed by atoms with Crippen LogP contribution >= 0.6 is 11.8 Å². The quantitative estimate of drug-likeness (QED) is 0.762. The molecule has 1 aliphatic rings. The van der Waals surface area contributed by atoms with Gasteiger partial charge in [-0.3, -0.25) is 4.79 Å². The maximum absolute atomic E-state index is 12.1. The number of Topliss-reactive ketones (excluding diaryl/α,β-unsaturated/α-hetero) is 1. The minimum absolute atomic E-state index is 0.0362. The van der Waals surface area contributed by atoms with Crippen molar-refractivity contribution in [2.45, 2.75) is 16.2 Å². The van der Waals surface area contributed by atoms with Crippen LogP contribution in [-0.4, -0.2) is 16.0 Å². The van der Waals surface area contributed by atoms with Gasteiger partial charge in [-0.15, -0.1) is 0 Å². The third-order valence-corrected chi connectivity index (χ3v) is 4.05. The molecule has 0 unspecified atom stereocenters. The van der Waals surface area contributed by atoms with E-state index in [0.29, 0.717) is 10.5 Å². The molecule has 3 rings (SSSR count). The monoisotopic (exact) mass is 258 g/mol. The Labute approximate surface area is 108 Å². The van der Waals surface area contributed by atoms with Crippen LogP contribution in [0.3, 0.4) is 0 Å².